The molecule has 0 fully saturated rings. The Kier molecular flexibility index (Phi) is 1.67. The van der Waals surface area contributed by atoms with Crippen LogP contribution in [0, 0.1) is 0 Å². The maximum Gasteiger partial charge on any atom is 0.204 e. The van der Waals surface area contributed by atoms with Gasteiger partial charge in [-0.25, -0.2) is 0 Å². The van der Waals surface area contributed by atoms with Crippen molar-refractivity contribution >= 4 is 6.29 Å². The van der Waals surface area contributed by atoms with Crippen LogP contribution in [0.1, 0.15) is 0 Å². The fourth-order valence-electron chi connectivity index (χ4n) is 0.642. The molecule has 9 heavy (non-hydrogen) atoms. The van der Waals surface area contributed by atoms with Crippen LogP contribution in [0.3, 0.4) is 0 Å². The first-order valence-corrected chi connectivity index (χ1v) is 2.62. The van der Waals surface area contributed by atoms with Crippen molar-refractivity contribution < 1.29 is 9.18 Å². The fourth-order valence-corrected chi connectivity index (χ4v) is 0.642. The summed E-state index contributed by atoms with van der Waals surface area (Å²) in [7, 11) is 0. The number of hydrogen-bond acceptors (Lipinski definition) is 3. The lowest BCUT2D eigenvalue weighted by molar-refractivity contribution is -0.108. The van der Waals surface area contributed by atoms with Crippen molar-refractivity contribution in [3.05, 3.63) is 12.2 Å². The van der Waals surface area contributed by atoms with Crippen LogP contribution in [0.4, 0.5) is 4.39 Å². The normalized spacial score (nSPS) is 17.0. The van der Waals surface area contributed by atoms with Gasteiger partial charge in [-0.3, -0.25) is 0 Å². The summed E-state index contributed by atoms with van der Waals surface area (Å²) in [6, 6.07) is 0. The van der Waals surface area contributed by atoms with Crippen LogP contribution in [-0.4, -0.2) is 24.4 Å². The zero-order valence-electron chi connectivity index (χ0n) is 4.80. The van der Waals surface area contributed by atoms with Gasteiger partial charge in [-0.05, 0) is 0 Å². The zero-order valence-corrected chi connectivity index (χ0v) is 4.80. The van der Waals surface area contributed by atoms with Crippen LogP contribution < -0.4 is 5.32 Å². The van der Waals surface area contributed by atoms with Crippen molar-refractivity contribution in [3.8, 4) is 0 Å². The molecule has 0 bridgehead atoms. The molecule has 0 atom stereocenters. The van der Waals surface area contributed by atoms with Crippen LogP contribution in [0.5, 0.6) is 0 Å². The Bertz CT molecular complexity index is 146. The highest BCUT2D eigenvalue weighted by Crippen LogP contribution is 2.01. The number of carbonyl (C=O) groups is 1. The summed E-state index contributed by atoms with van der Waals surface area (Å²) < 4.78 is 12.1. The first-order valence-electron chi connectivity index (χ1n) is 2.62. The van der Waals surface area contributed by atoms with E-state index in [1.165, 1.54) is 6.20 Å². The second-order valence-corrected chi connectivity index (χ2v) is 1.75. The number of nitrogens with one attached hydrogen (secondary N) is 1. The number of rotatable bonds is 2. The summed E-state index contributed by atoms with van der Waals surface area (Å²) in [6.45, 7) is 0.644. The number of carbonyl (C=O) groups excluding carboxylic acids is 1. The summed E-state index contributed by atoms with van der Waals surface area (Å²) in [6.07, 6.45) is 2.01. The molecule has 0 amide bonds. The third-order valence-corrected chi connectivity index (χ3v) is 1.06. The van der Waals surface area contributed by atoms with E-state index >= 15 is 0 Å². The van der Waals surface area contributed by atoms with Crippen LogP contribution in [0.15, 0.2) is 12.2 Å². The van der Waals surface area contributed by atoms with E-state index in [-0.39, 0.29) is 12.5 Å². The molecule has 0 unspecified atom stereocenters. The third-order valence-electron chi connectivity index (χ3n) is 1.06. The lowest BCUT2D eigenvalue weighted by Crippen LogP contribution is -2.22. The van der Waals surface area contributed by atoms with Crippen molar-refractivity contribution in [1.29, 1.82) is 0 Å². The number of aldehydes is 1. The van der Waals surface area contributed by atoms with Crippen molar-refractivity contribution in [2.75, 3.05) is 13.2 Å². The van der Waals surface area contributed by atoms with E-state index in [0.29, 0.717) is 6.67 Å². The molecule has 0 saturated heterocycles. The Morgan fingerprint density at radius 1 is 2.00 bits per heavy atom. The summed E-state index contributed by atoms with van der Waals surface area (Å²) in [4.78, 5) is 11.4. The molecule has 0 spiro atoms. The Balaban J connectivity index is 2.37. The van der Waals surface area contributed by atoms with Crippen LogP contribution in [-0.2, 0) is 4.79 Å². The topological polar surface area (TPSA) is 32.3 Å². The molecule has 0 saturated carbocycles. The minimum Gasteiger partial charge on any atom is -0.349 e. The van der Waals surface area contributed by atoms with Crippen molar-refractivity contribution in [1.82, 2.24) is 10.2 Å². The van der Waals surface area contributed by atoms with Gasteiger partial charge in [0.1, 0.15) is 6.29 Å². The van der Waals surface area contributed by atoms with E-state index in [2.05, 4.69) is 5.32 Å². The maximum atomic E-state index is 12.1. The molecule has 4 heteroatoms. The highest BCUT2D eigenvalue weighted by Gasteiger charge is 2.08. The zero-order chi connectivity index (χ0) is 6.69. The molecule has 0 aliphatic carbocycles. The highest BCUT2D eigenvalue weighted by atomic mass is 19.1. The molecule has 0 aromatic rings. The van der Waals surface area contributed by atoms with Gasteiger partial charge in [-0.15, -0.1) is 0 Å². The van der Waals surface area contributed by atoms with Crippen molar-refractivity contribution in [3.63, 3.8) is 0 Å². The average molecular weight is 130 g/mol. The smallest absolute Gasteiger partial charge is 0.204 e. The Labute approximate surface area is 52.1 Å². The second kappa shape index (κ2) is 2.48. The van der Waals surface area contributed by atoms with Crippen molar-refractivity contribution in [2.45, 2.75) is 0 Å². The minimum absolute atomic E-state index is 0.250. The molecule has 0 radical (unpaired) electrons. The Hall–Kier alpha value is -1.06. The Morgan fingerprint density at radius 3 is 3.22 bits per heavy atom. The molecule has 1 N–H and O–H groups in total. The first kappa shape index (κ1) is 6.07. The molecule has 50 valence electrons. The Morgan fingerprint density at radius 2 is 2.78 bits per heavy atom. The first-order chi connectivity index (χ1) is 4.33. The van der Waals surface area contributed by atoms with E-state index in [1.807, 2.05) is 0 Å². The lowest BCUT2D eigenvalue weighted by atomic mass is 10.6. The van der Waals surface area contributed by atoms with Gasteiger partial charge in [-0.1, -0.05) is 0 Å². The summed E-state index contributed by atoms with van der Waals surface area (Å²) in [5, 5.41) is 2.42. The number of nitrogens with zero attached hydrogens (tertiary/aromatic N) is 1. The van der Waals surface area contributed by atoms with E-state index in [9.17, 15) is 9.18 Å². The van der Waals surface area contributed by atoms with E-state index in [0.717, 1.165) is 6.29 Å². The monoisotopic (exact) mass is 130 g/mol. The van der Waals surface area contributed by atoms with Gasteiger partial charge >= 0.3 is 0 Å². The second-order valence-electron chi connectivity index (χ2n) is 1.75. The molecular weight excluding hydrogens is 123 g/mol. The largest absolute Gasteiger partial charge is 0.349 e. The van der Waals surface area contributed by atoms with Gasteiger partial charge in [0.05, 0.1) is 19.4 Å². The molecular formula is C5H7FN2O. The summed E-state index contributed by atoms with van der Waals surface area (Å²) >= 11 is 0. The van der Waals surface area contributed by atoms with Gasteiger partial charge < -0.3 is 15.0 Å². The molecule has 1 aliphatic heterocycles. The molecule has 1 rings (SSSR count). The van der Waals surface area contributed by atoms with Gasteiger partial charge in [0, 0.05) is 0 Å². The van der Waals surface area contributed by atoms with Gasteiger partial charge in [0.25, 0.3) is 0 Å². The lowest BCUT2D eigenvalue weighted by Gasteiger charge is -2.07. The fraction of sp³-hybridized carbons (Fsp3) is 0.400. The summed E-state index contributed by atoms with van der Waals surface area (Å²) in [5.41, 5.74) is 0. The van der Waals surface area contributed by atoms with E-state index < -0.39 is 0 Å². The van der Waals surface area contributed by atoms with Gasteiger partial charge in [-0.2, -0.15) is 4.39 Å². The van der Waals surface area contributed by atoms with Crippen LogP contribution >= 0.6 is 0 Å². The number of halogens is 1. The van der Waals surface area contributed by atoms with Crippen LogP contribution in [0.2, 0.25) is 0 Å². The molecule has 1 aliphatic rings. The van der Waals surface area contributed by atoms with Gasteiger partial charge in [0.15, 0.2) is 0 Å². The predicted molar refractivity (Wildman–Crippen MR) is 30.0 cm³/mol. The molecule has 3 nitrogen and oxygen atoms in total. The summed E-state index contributed by atoms with van der Waals surface area (Å²) in [5.74, 6) is -0.378. The average Bonchev–Trinajstić information content (AvgIpc) is 2.17. The third kappa shape index (κ3) is 1.42. The maximum absolute atomic E-state index is 12.1. The van der Waals surface area contributed by atoms with E-state index in [1.54, 1.807) is 4.90 Å². The van der Waals surface area contributed by atoms with Crippen molar-refractivity contribution in [2.24, 2.45) is 0 Å². The molecule has 1 heterocycles. The molecule has 0 aromatic heterocycles. The SMILES string of the molecule is O=CCN1C=C(F)NC1. The minimum atomic E-state index is -0.378. The predicted octanol–water partition coefficient (Wildman–Crippen LogP) is -0.184. The van der Waals surface area contributed by atoms with Gasteiger partial charge in [0.2, 0.25) is 5.95 Å². The quantitative estimate of drug-likeness (QED) is 0.415. The molecule has 0 aromatic carbocycles. The standard InChI is InChI=1S/C5H7FN2O/c6-5-3-8(1-2-9)4-7-5/h2-3,7H,1,4H2. The highest BCUT2D eigenvalue weighted by molar-refractivity contribution is 5.52. The van der Waals surface area contributed by atoms with Crippen LogP contribution in [0.25, 0.3) is 0 Å². The number of hydrogen-bond donors (Lipinski definition) is 1. The van der Waals surface area contributed by atoms with E-state index in [4.69, 9.17) is 0 Å².